The van der Waals surface area contributed by atoms with E-state index in [9.17, 15) is 10.1 Å². The van der Waals surface area contributed by atoms with E-state index in [0.29, 0.717) is 13.1 Å². The maximum absolute atomic E-state index is 10.5. The minimum Gasteiger partial charge on any atom is -0.310 e. The number of nitrogens with zero attached hydrogens (tertiary/aromatic N) is 3. The van der Waals surface area contributed by atoms with E-state index in [1.165, 1.54) is 17.3 Å². The number of hydrogen-bond donors (Lipinski definition) is 1. The lowest BCUT2D eigenvalue weighted by molar-refractivity contribution is -0.385. The van der Waals surface area contributed by atoms with Crippen molar-refractivity contribution in [1.29, 1.82) is 0 Å². The molecule has 2 heterocycles. The average Bonchev–Trinajstić information content (AvgIpc) is 2.94. The first-order chi connectivity index (χ1) is 8.66. The highest BCUT2D eigenvalue weighted by molar-refractivity contribution is 9.10. The van der Waals surface area contributed by atoms with E-state index in [1.54, 1.807) is 16.0 Å². The normalized spacial score (nSPS) is 10.7. The zero-order valence-corrected chi connectivity index (χ0v) is 11.8. The van der Waals surface area contributed by atoms with Crippen LogP contribution in [0.5, 0.6) is 0 Å². The van der Waals surface area contributed by atoms with Gasteiger partial charge < -0.3 is 5.32 Å². The lowest BCUT2D eigenvalue weighted by atomic mass is 10.4. The molecule has 2 rings (SSSR count). The van der Waals surface area contributed by atoms with Crippen LogP contribution in [0.1, 0.15) is 4.88 Å². The summed E-state index contributed by atoms with van der Waals surface area (Å²) in [6.07, 6.45) is 2.69. The van der Waals surface area contributed by atoms with E-state index in [4.69, 9.17) is 0 Å². The third kappa shape index (κ3) is 3.37. The fourth-order valence-corrected chi connectivity index (χ4v) is 2.88. The van der Waals surface area contributed by atoms with Gasteiger partial charge in [0.1, 0.15) is 12.4 Å². The second-order valence-corrected chi connectivity index (χ2v) is 5.44. The van der Waals surface area contributed by atoms with Gasteiger partial charge in [0.25, 0.3) is 0 Å². The number of nitro groups is 1. The predicted octanol–water partition coefficient (Wildman–Crippen LogP) is 2.41. The molecule has 0 radical (unpaired) electrons. The van der Waals surface area contributed by atoms with E-state index < -0.39 is 4.92 Å². The molecular weight excluding hydrogens is 320 g/mol. The van der Waals surface area contributed by atoms with Crippen LogP contribution < -0.4 is 5.32 Å². The molecule has 0 spiro atoms. The minimum absolute atomic E-state index is 0.0241. The third-order valence-corrected chi connectivity index (χ3v) is 4.25. The molecule has 0 fully saturated rings. The Balaban J connectivity index is 1.75. The van der Waals surface area contributed by atoms with E-state index >= 15 is 0 Å². The summed E-state index contributed by atoms with van der Waals surface area (Å²) in [7, 11) is 0. The summed E-state index contributed by atoms with van der Waals surface area (Å²) in [6, 6.07) is 2.01. The second-order valence-electron chi connectivity index (χ2n) is 3.59. The van der Waals surface area contributed by atoms with Gasteiger partial charge in [0.15, 0.2) is 0 Å². The largest absolute Gasteiger partial charge is 0.310 e. The molecule has 0 aliphatic rings. The highest BCUT2D eigenvalue weighted by Gasteiger charge is 2.08. The molecule has 0 aliphatic heterocycles. The molecule has 0 saturated carbocycles. The van der Waals surface area contributed by atoms with Crippen LogP contribution in [-0.4, -0.2) is 21.2 Å². The van der Waals surface area contributed by atoms with E-state index in [1.807, 2.05) is 11.4 Å². The molecule has 0 atom stereocenters. The van der Waals surface area contributed by atoms with Crippen molar-refractivity contribution in [3.63, 3.8) is 0 Å². The summed E-state index contributed by atoms with van der Waals surface area (Å²) in [5.41, 5.74) is 0.0241. The lowest BCUT2D eigenvalue weighted by Crippen LogP contribution is -2.19. The predicted molar refractivity (Wildman–Crippen MR) is 72.6 cm³/mol. The van der Waals surface area contributed by atoms with E-state index in [-0.39, 0.29) is 5.69 Å². The van der Waals surface area contributed by atoms with Crippen molar-refractivity contribution in [3.8, 4) is 0 Å². The molecule has 18 heavy (non-hydrogen) atoms. The zero-order valence-electron chi connectivity index (χ0n) is 9.38. The number of nitrogens with one attached hydrogen (secondary N) is 1. The van der Waals surface area contributed by atoms with Crippen molar-refractivity contribution in [2.45, 2.75) is 13.1 Å². The molecule has 1 N–H and O–H groups in total. The van der Waals surface area contributed by atoms with Crippen molar-refractivity contribution in [1.82, 2.24) is 15.1 Å². The molecule has 0 aliphatic carbocycles. The molecular formula is C10H11BrN4O2S. The van der Waals surface area contributed by atoms with Crippen LogP contribution in [0.2, 0.25) is 0 Å². The Kier molecular flexibility index (Phi) is 4.45. The fourth-order valence-electron chi connectivity index (χ4n) is 1.42. The van der Waals surface area contributed by atoms with Crippen LogP contribution in [0, 0.1) is 10.1 Å². The first-order valence-corrected chi connectivity index (χ1v) is 6.93. The summed E-state index contributed by atoms with van der Waals surface area (Å²) in [4.78, 5) is 11.3. The smallest absolute Gasteiger partial charge is 0.306 e. The molecule has 0 aromatic carbocycles. The summed E-state index contributed by atoms with van der Waals surface area (Å²) >= 11 is 5.14. The van der Waals surface area contributed by atoms with Crippen LogP contribution in [-0.2, 0) is 13.1 Å². The molecule has 2 aromatic rings. The van der Waals surface area contributed by atoms with Gasteiger partial charge in [-0.1, -0.05) is 0 Å². The third-order valence-electron chi connectivity index (χ3n) is 2.32. The van der Waals surface area contributed by atoms with Gasteiger partial charge in [-0.05, 0) is 27.4 Å². The van der Waals surface area contributed by atoms with Crippen molar-refractivity contribution < 1.29 is 4.92 Å². The van der Waals surface area contributed by atoms with Gasteiger partial charge >= 0.3 is 5.69 Å². The number of thiophene rings is 1. The highest BCUT2D eigenvalue weighted by atomic mass is 79.9. The lowest BCUT2D eigenvalue weighted by Gasteiger charge is -2.03. The van der Waals surface area contributed by atoms with Crippen molar-refractivity contribution in [3.05, 3.63) is 43.3 Å². The number of rotatable bonds is 6. The fraction of sp³-hybridized carbons (Fsp3) is 0.300. The van der Waals surface area contributed by atoms with Crippen LogP contribution in [0.3, 0.4) is 0 Å². The molecule has 0 saturated heterocycles. The average molecular weight is 331 g/mol. The van der Waals surface area contributed by atoms with Gasteiger partial charge in [-0.3, -0.25) is 14.8 Å². The first-order valence-electron chi connectivity index (χ1n) is 5.26. The Morgan fingerprint density at radius 2 is 2.44 bits per heavy atom. The molecule has 0 amide bonds. The maximum Gasteiger partial charge on any atom is 0.306 e. The van der Waals surface area contributed by atoms with Gasteiger partial charge in [-0.15, -0.1) is 11.3 Å². The monoisotopic (exact) mass is 330 g/mol. The SMILES string of the molecule is O=[N+]([O-])c1cnn(CCNCc2sccc2Br)c1. The highest BCUT2D eigenvalue weighted by Crippen LogP contribution is 2.21. The van der Waals surface area contributed by atoms with Gasteiger partial charge in [0.05, 0.1) is 11.5 Å². The van der Waals surface area contributed by atoms with Crippen molar-refractivity contribution >= 4 is 33.0 Å². The molecule has 8 heteroatoms. The topological polar surface area (TPSA) is 73.0 Å². The zero-order chi connectivity index (χ0) is 13.0. The summed E-state index contributed by atoms with van der Waals surface area (Å²) in [6.45, 7) is 2.10. The Labute approximate surface area is 116 Å². The minimum atomic E-state index is -0.445. The Morgan fingerprint density at radius 1 is 1.61 bits per heavy atom. The summed E-state index contributed by atoms with van der Waals surface area (Å²) in [5, 5.41) is 19.7. The van der Waals surface area contributed by atoms with Crippen molar-refractivity contribution in [2.24, 2.45) is 0 Å². The maximum atomic E-state index is 10.5. The molecule has 0 bridgehead atoms. The van der Waals surface area contributed by atoms with Gasteiger partial charge in [0, 0.05) is 22.4 Å². The van der Waals surface area contributed by atoms with Gasteiger partial charge in [-0.25, -0.2) is 0 Å². The Morgan fingerprint density at radius 3 is 3.06 bits per heavy atom. The van der Waals surface area contributed by atoms with E-state index in [0.717, 1.165) is 11.0 Å². The van der Waals surface area contributed by atoms with Crippen LogP contribution in [0.4, 0.5) is 5.69 Å². The number of aromatic nitrogens is 2. The molecule has 6 nitrogen and oxygen atoms in total. The van der Waals surface area contributed by atoms with E-state index in [2.05, 4.69) is 26.3 Å². The number of halogens is 1. The standard InChI is InChI=1S/C10H11BrN4O2S/c11-9-1-4-18-10(9)6-12-2-3-14-7-8(5-13-14)15(16)17/h1,4-5,7,12H,2-3,6H2. The Bertz CT molecular complexity index is 539. The molecule has 2 aromatic heterocycles. The number of hydrogen-bond acceptors (Lipinski definition) is 5. The second kappa shape index (κ2) is 6.07. The molecule has 96 valence electrons. The van der Waals surface area contributed by atoms with Gasteiger partial charge in [0.2, 0.25) is 0 Å². The first kappa shape index (κ1) is 13.2. The van der Waals surface area contributed by atoms with Crippen molar-refractivity contribution in [2.75, 3.05) is 6.54 Å². The van der Waals surface area contributed by atoms with Gasteiger partial charge in [-0.2, -0.15) is 5.10 Å². The quantitative estimate of drug-likeness (QED) is 0.501. The van der Waals surface area contributed by atoms with Crippen LogP contribution in [0.25, 0.3) is 0 Å². The summed E-state index contributed by atoms with van der Waals surface area (Å²) in [5.74, 6) is 0. The van der Waals surface area contributed by atoms with Crippen LogP contribution >= 0.6 is 27.3 Å². The Hall–Kier alpha value is -1.25. The summed E-state index contributed by atoms with van der Waals surface area (Å²) < 4.78 is 2.67. The molecule has 0 unspecified atom stereocenters. The van der Waals surface area contributed by atoms with Crippen LogP contribution in [0.15, 0.2) is 28.3 Å².